The molecule has 3 heteroatoms. The summed E-state index contributed by atoms with van der Waals surface area (Å²) in [5, 5.41) is 4.47. The molecular formula is C17H28ClNO. The highest BCUT2D eigenvalue weighted by atomic mass is 35.5. The lowest BCUT2D eigenvalue weighted by Gasteiger charge is -2.26. The van der Waals surface area contributed by atoms with Gasteiger partial charge >= 0.3 is 0 Å². The zero-order valence-electron chi connectivity index (χ0n) is 13.2. The van der Waals surface area contributed by atoms with Crippen LogP contribution in [0.4, 0.5) is 0 Å². The van der Waals surface area contributed by atoms with Crippen LogP contribution >= 0.6 is 11.6 Å². The van der Waals surface area contributed by atoms with Crippen molar-refractivity contribution in [3.05, 3.63) is 34.9 Å². The van der Waals surface area contributed by atoms with Gasteiger partial charge in [-0.1, -0.05) is 36.2 Å². The first-order valence-corrected chi connectivity index (χ1v) is 7.80. The van der Waals surface area contributed by atoms with Gasteiger partial charge in [0.15, 0.2) is 0 Å². The number of nitrogens with one attached hydrogen (secondary N) is 1. The zero-order chi connectivity index (χ0) is 15.0. The second-order valence-electron chi connectivity index (χ2n) is 6.34. The molecule has 0 fully saturated rings. The van der Waals surface area contributed by atoms with Crippen molar-refractivity contribution in [2.45, 2.75) is 51.5 Å². The quantitative estimate of drug-likeness (QED) is 0.707. The largest absolute Gasteiger partial charge is 0.385 e. The van der Waals surface area contributed by atoms with Crippen LogP contribution in [0.2, 0.25) is 5.02 Å². The van der Waals surface area contributed by atoms with Crippen molar-refractivity contribution >= 4 is 11.6 Å². The Bertz CT molecular complexity index is 387. The molecule has 0 bridgehead atoms. The Balaban J connectivity index is 2.66. The van der Waals surface area contributed by atoms with Crippen LogP contribution in [0.3, 0.4) is 0 Å². The summed E-state index contributed by atoms with van der Waals surface area (Å²) >= 11 is 6.36. The third-order valence-electron chi connectivity index (χ3n) is 3.37. The SMILES string of the molecule is COCCCCC(CNC(C)(C)C)c1ccccc1Cl. The highest BCUT2D eigenvalue weighted by molar-refractivity contribution is 6.31. The highest BCUT2D eigenvalue weighted by Crippen LogP contribution is 2.28. The maximum Gasteiger partial charge on any atom is 0.0462 e. The molecule has 0 aliphatic carbocycles. The van der Waals surface area contributed by atoms with E-state index in [9.17, 15) is 0 Å². The smallest absolute Gasteiger partial charge is 0.0462 e. The van der Waals surface area contributed by atoms with Gasteiger partial charge in [0.2, 0.25) is 0 Å². The summed E-state index contributed by atoms with van der Waals surface area (Å²) < 4.78 is 5.13. The lowest BCUT2D eigenvalue weighted by Crippen LogP contribution is -2.38. The van der Waals surface area contributed by atoms with Gasteiger partial charge < -0.3 is 10.1 Å². The Morgan fingerprint density at radius 1 is 1.20 bits per heavy atom. The van der Waals surface area contributed by atoms with E-state index in [2.05, 4.69) is 38.2 Å². The van der Waals surface area contributed by atoms with Gasteiger partial charge in [-0.15, -0.1) is 0 Å². The summed E-state index contributed by atoms with van der Waals surface area (Å²) in [6.07, 6.45) is 3.40. The molecule has 1 atom stereocenters. The monoisotopic (exact) mass is 297 g/mol. The van der Waals surface area contributed by atoms with Crippen molar-refractivity contribution in [2.24, 2.45) is 0 Å². The molecule has 20 heavy (non-hydrogen) atoms. The standard InChI is InChI=1S/C17H28ClNO/c1-17(2,3)19-13-14(9-7-8-12-20-4)15-10-5-6-11-16(15)18/h5-6,10-11,14,19H,7-9,12-13H2,1-4H3. The van der Waals surface area contributed by atoms with E-state index in [-0.39, 0.29) is 5.54 Å². The Labute approximate surface area is 128 Å². The van der Waals surface area contributed by atoms with E-state index >= 15 is 0 Å². The molecule has 1 unspecified atom stereocenters. The van der Waals surface area contributed by atoms with Gasteiger partial charge in [0, 0.05) is 30.8 Å². The molecular weight excluding hydrogens is 270 g/mol. The van der Waals surface area contributed by atoms with E-state index in [4.69, 9.17) is 16.3 Å². The van der Waals surface area contributed by atoms with Crippen LogP contribution in [-0.4, -0.2) is 25.8 Å². The third-order valence-corrected chi connectivity index (χ3v) is 3.72. The first kappa shape index (κ1) is 17.5. The fourth-order valence-electron chi connectivity index (χ4n) is 2.24. The van der Waals surface area contributed by atoms with E-state index in [1.165, 1.54) is 5.56 Å². The number of hydrogen-bond acceptors (Lipinski definition) is 2. The first-order valence-electron chi connectivity index (χ1n) is 7.42. The molecule has 2 nitrogen and oxygen atoms in total. The molecule has 0 aromatic heterocycles. The Kier molecular flexibility index (Phi) is 7.57. The van der Waals surface area contributed by atoms with Crippen LogP contribution in [0.5, 0.6) is 0 Å². The van der Waals surface area contributed by atoms with E-state index in [0.29, 0.717) is 5.92 Å². The molecule has 1 aromatic carbocycles. The normalized spacial score (nSPS) is 13.4. The number of methoxy groups -OCH3 is 1. The van der Waals surface area contributed by atoms with Crippen LogP contribution in [0, 0.1) is 0 Å². The van der Waals surface area contributed by atoms with Crippen molar-refractivity contribution in [3.63, 3.8) is 0 Å². The van der Waals surface area contributed by atoms with Crippen molar-refractivity contribution in [3.8, 4) is 0 Å². The van der Waals surface area contributed by atoms with Crippen LogP contribution in [0.1, 0.15) is 51.5 Å². The fourth-order valence-corrected chi connectivity index (χ4v) is 2.53. The third kappa shape index (κ3) is 6.74. The van der Waals surface area contributed by atoms with Crippen LogP contribution in [-0.2, 0) is 4.74 Å². The van der Waals surface area contributed by atoms with Gasteiger partial charge in [-0.2, -0.15) is 0 Å². The molecule has 0 saturated carbocycles. The predicted octanol–water partition coefficient (Wildman–Crippen LogP) is 4.63. The van der Waals surface area contributed by atoms with Crippen LogP contribution < -0.4 is 5.32 Å². The summed E-state index contributed by atoms with van der Waals surface area (Å²) in [6.45, 7) is 8.38. The van der Waals surface area contributed by atoms with Gasteiger partial charge in [-0.3, -0.25) is 0 Å². The molecule has 114 valence electrons. The fraction of sp³-hybridized carbons (Fsp3) is 0.647. The molecule has 0 spiro atoms. The minimum Gasteiger partial charge on any atom is -0.385 e. The van der Waals surface area contributed by atoms with Crippen molar-refractivity contribution < 1.29 is 4.74 Å². The van der Waals surface area contributed by atoms with E-state index in [1.54, 1.807) is 7.11 Å². The summed E-state index contributed by atoms with van der Waals surface area (Å²) in [5.41, 5.74) is 1.38. The van der Waals surface area contributed by atoms with Crippen molar-refractivity contribution in [1.29, 1.82) is 0 Å². The molecule has 0 saturated heterocycles. The van der Waals surface area contributed by atoms with Crippen LogP contribution in [0.15, 0.2) is 24.3 Å². The van der Waals surface area contributed by atoms with Gasteiger partial charge in [-0.25, -0.2) is 0 Å². The predicted molar refractivity (Wildman–Crippen MR) is 87.7 cm³/mol. The molecule has 0 aliphatic heterocycles. The lowest BCUT2D eigenvalue weighted by atomic mass is 9.92. The maximum absolute atomic E-state index is 6.36. The summed E-state index contributed by atoms with van der Waals surface area (Å²) in [4.78, 5) is 0. The molecule has 0 aliphatic rings. The molecule has 0 heterocycles. The summed E-state index contributed by atoms with van der Waals surface area (Å²) in [6, 6.07) is 8.19. The molecule has 0 amide bonds. The van der Waals surface area contributed by atoms with Crippen molar-refractivity contribution in [2.75, 3.05) is 20.3 Å². The minimum atomic E-state index is 0.131. The first-order chi connectivity index (χ1) is 9.44. The van der Waals surface area contributed by atoms with Gasteiger partial charge in [0.05, 0.1) is 0 Å². The lowest BCUT2D eigenvalue weighted by molar-refractivity contribution is 0.191. The van der Waals surface area contributed by atoms with Crippen LogP contribution in [0.25, 0.3) is 0 Å². The number of unbranched alkanes of at least 4 members (excludes halogenated alkanes) is 1. The molecule has 1 N–H and O–H groups in total. The second-order valence-corrected chi connectivity index (χ2v) is 6.75. The van der Waals surface area contributed by atoms with Gasteiger partial charge in [0.25, 0.3) is 0 Å². The number of rotatable bonds is 8. The topological polar surface area (TPSA) is 21.3 Å². The van der Waals surface area contributed by atoms with E-state index in [0.717, 1.165) is 37.4 Å². The average Bonchev–Trinajstić information content (AvgIpc) is 2.38. The average molecular weight is 298 g/mol. The summed E-state index contributed by atoms with van der Waals surface area (Å²) in [5.74, 6) is 0.458. The molecule has 1 aromatic rings. The van der Waals surface area contributed by atoms with Gasteiger partial charge in [-0.05, 0) is 51.2 Å². The Hall–Kier alpha value is -0.570. The number of hydrogen-bond donors (Lipinski definition) is 1. The molecule has 0 radical (unpaired) electrons. The number of ether oxygens (including phenoxy) is 1. The second kappa shape index (κ2) is 8.66. The minimum absolute atomic E-state index is 0.131. The number of benzene rings is 1. The highest BCUT2D eigenvalue weighted by Gasteiger charge is 2.17. The number of halogens is 1. The Morgan fingerprint density at radius 3 is 2.50 bits per heavy atom. The van der Waals surface area contributed by atoms with Crippen molar-refractivity contribution in [1.82, 2.24) is 5.32 Å². The zero-order valence-corrected chi connectivity index (χ0v) is 14.0. The van der Waals surface area contributed by atoms with E-state index < -0.39 is 0 Å². The van der Waals surface area contributed by atoms with E-state index in [1.807, 2.05) is 12.1 Å². The maximum atomic E-state index is 6.36. The summed E-state index contributed by atoms with van der Waals surface area (Å²) in [7, 11) is 1.76. The van der Waals surface area contributed by atoms with Gasteiger partial charge in [0.1, 0.15) is 0 Å². The Morgan fingerprint density at radius 2 is 1.90 bits per heavy atom. The molecule has 1 rings (SSSR count).